The summed E-state index contributed by atoms with van der Waals surface area (Å²) in [6.07, 6.45) is -3.50. The largest absolute Gasteiger partial charge is 0.416 e. The Balaban J connectivity index is 2.20. The molecule has 2 N–H and O–H groups in total. The molecule has 0 aliphatic carbocycles. The van der Waals surface area contributed by atoms with Gasteiger partial charge in [-0.1, -0.05) is 12.1 Å². The zero-order valence-corrected chi connectivity index (χ0v) is 9.17. The molecule has 1 fully saturated rings. The second-order valence-electron chi connectivity index (χ2n) is 4.27. The highest BCUT2D eigenvalue weighted by Crippen LogP contribution is 2.32. The number of aliphatic hydroxyl groups is 1. The SMILES string of the molecule is OC(c1cccc(C(F)(F)F)c1)C1CCCN1. The minimum Gasteiger partial charge on any atom is -0.387 e. The van der Waals surface area contributed by atoms with E-state index in [2.05, 4.69) is 5.32 Å². The molecule has 1 heterocycles. The standard InChI is InChI=1S/C12H14F3NO/c13-12(14,15)9-4-1-3-8(7-9)11(17)10-5-2-6-16-10/h1,3-4,7,10-11,16-17H,2,5-6H2. The van der Waals surface area contributed by atoms with Crippen LogP contribution in [0, 0.1) is 0 Å². The molecule has 0 amide bonds. The third-order valence-electron chi connectivity index (χ3n) is 3.04. The lowest BCUT2D eigenvalue weighted by Crippen LogP contribution is -2.28. The van der Waals surface area contributed by atoms with Gasteiger partial charge in [0.05, 0.1) is 11.7 Å². The fourth-order valence-electron chi connectivity index (χ4n) is 2.11. The van der Waals surface area contributed by atoms with Gasteiger partial charge in [0, 0.05) is 6.04 Å². The van der Waals surface area contributed by atoms with Crippen LogP contribution in [0.15, 0.2) is 24.3 Å². The molecular formula is C12H14F3NO. The summed E-state index contributed by atoms with van der Waals surface area (Å²) in [6.45, 7) is 0.806. The lowest BCUT2D eigenvalue weighted by Gasteiger charge is -2.19. The number of halogens is 3. The van der Waals surface area contributed by atoms with E-state index in [9.17, 15) is 18.3 Å². The Labute approximate surface area is 97.5 Å². The molecule has 5 heteroatoms. The summed E-state index contributed by atoms with van der Waals surface area (Å²) in [4.78, 5) is 0. The van der Waals surface area contributed by atoms with Crippen LogP contribution in [0.25, 0.3) is 0 Å². The maximum atomic E-state index is 12.5. The van der Waals surface area contributed by atoms with Crippen molar-refractivity contribution in [2.24, 2.45) is 0 Å². The van der Waals surface area contributed by atoms with Crippen molar-refractivity contribution in [3.63, 3.8) is 0 Å². The van der Waals surface area contributed by atoms with Gasteiger partial charge in [0.15, 0.2) is 0 Å². The lowest BCUT2D eigenvalue weighted by atomic mass is 9.99. The van der Waals surface area contributed by atoms with Crippen molar-refractivity contribution in [3.8, 4) is 0 Å². The molecule has 0 radical (unpaired) electrons. The Morgan fingerprint density at radius 1 is 1.35 bits per heavy atom. The number of hydrogen-bond acceptors (Lipinski definition) is 2. The smallest absolute Gasteiger partial charge is 0.387 e. The second-order valence-corrected chi connectivity index (χ2v) is 4.27. The Hall–Kier alpha value is -1.07. The van der Waals surface area contributed by atoms with Crippen molar-refractivity contribution >= 4 is 0 Å². The summed E-state index contributed by atoms with van der Waals surface area (Å²) in [5.41, 5.74) is -0.397. The van der Waals surface area contributed by atoms with Gasteiger partial charge < -0.3 is 10.4 Å². The summed E-state index contributed by atoms with van der Waals surface area (Å²) < 4.78 is 37.5. The summed E-state index contributed by atoms with van der Waals surface area (Å²) >= 11 is 0. The minimum atomic E-state index is -4.36. The van der Waals surface area contributed by atoms with E-state index in [1.165, 1.54) is 12.1 Å². The van der Waals surface area contributed by atoms with Crippen LogP contribution >= 0.6 is 0 Å². The Kier molecular flexibility index (Phi) is 3.40. The van der Waals surface area contributed by atoms with Crippen LogP contribution in [0.4, 0.5) is 13.2 Å². The molecule has 17 heavy (non-hydrogen) atoms. The maximum absolute atomic E-state index is 12.5. The molecule has 1 aliphatic heterocycles. The van der Waals surface area contributed by atoms with Gasteiger partial charge in [-0.05, 0) is 37.1 Å². The number of rotatable bonds is 2. The minimum absolute atomic E-state index is 0.140. The van der Waals surface area contributed by atoms with Crippen molar-refractivity contribution in [2.45, 2.75) is 31.2 Å². The molecular weight excluding hydrogens is 231 g/mol. The molecule has 2 rings (SSSR count). The number of nitrogens with one attached hydrogen (secondary N) is 1. The Morgan fingerprint density at radius 3 is 2.71 bits per heavy atom. The van der Waals surface area contributed by atoms with E-state index in [0.717, 1.165) is 31.5 Å². The fraction of sp³-hybridized carbons (Fsp3) is 0.500. The first-order valence-corrected chi connectivity index (χ1v) is 5.57. The summed E-state index contributed by atoms with van der Waals surface area (Å²) in [6, 6.07) is 4.75. The van der Waals surface area contributed by atoms with Crippen LogP contribution in [0.1, 0.15) is 30.1 Å². The molecule has 2 atom stereocenters. The van der Waals surface area contributed by atoms with Crippen molar-refractivity contribution in [1.82, 2.24) is 5.32 Å². The van der Waals surface area contributed by atoms with Gasteiger partial charge in [0.1, 0.15) is 0 Å². The molecule has 1 aromatic rings. The predicted molar refractivity (Wildman–Crippen MR) is 57.4 cm³/mol. The first-order valence-electron chi connectivity index (χ1n) is 5.57. The highest BCUT2D eigenvalue weighted by Gasteiger charge is 2.32. The van der Waals surface area contributed by atoms with Crippen LogP contribution in [-0.4, -0.2) is 17.7 Å². The lowest BCUT2D eigenvalue weighted by molar-refractivity contribution is -0.137. The zero-order chi connectivity index (χ0) is 12.5. The van der Waals surface area contributed by atoms with Crippen LogP contribution in [-0.2, 0) is 6.18 Å². The molecule has 2 nitrogen and oxygen atoms in total. The maximum Gasteiger partial charge on any atom is 0.416 e. The van der Waals surface area contributed by atoms with Crippen LogP contribution in [0.3, 0.4) is 0 Å². The predicted octanol–water partition coefficient (Wildman–Crippen LogP) is 2.49. The quantitative estimate of drug-likeness (QED) is 0.839. The molecule has 1 aliphatic rings. The van der Waals surface area contributed by atoms with E-state index < -0.39 is 17.8 Å². The van der Waals surface area contributed by atoms with Crippen molar-refractivity contribution < 1.29 is 18.3 Å². The van der Waals surface area contributed by atoms with Crippen LogP contribution in [0.5, 0.6) is 0 Å². The average Bonchev–Trinajstić information content (AvgIpc) is 2.80. The van der Waals surface area contributed by atoms with Crippen molar-refractivity contribution in [2.75, 3.05) is 6.54 Å². The Morgan fingerprint density at radius 2 is 2.12 bits per heavy atom. The zero-order valence-electron chi connectivity index (χ0n) is 9.17. The average molecular weight is 245 g/mol. The van der Waals surface area contributed by atoms with Crippen molar-refractivity contribution in [1.29, 1.82) is 0 Å². The molecule has 0 saturated carbocycles. The summed E-state index contributed by atoms with van der Waals surface area (Å²) in [5.74, 6) is 0. The van der Waals surface area contributed by atoms with Crippen LogP contribution in [0.2, 0.25) is 0 Å². The van der Waals surface area contributed by atoms with E-state index in [4.69, 9.17) is 0 Å². The van der Waals surface area contributed by atoms with E-state index in [-0.39, 0.29) is 6.04 Å². The van der Waals surface area contributed by atoms with Gasteiger partial charge in [-0.25, -0.2) is 0 Å². The molecule has 2 unspecified atom stereocenters. The number of benzene rings is 1. The second kappa shape index (κ2) is 4.66. The fourth-order valence-corrected chi connectivity index (χ4v) is 2.11. The molecule has 94 valence electrons. The van der Waals surface area contributed by atoms with Gasteiger partial charge in [-0.2, -0.15) is 13.2 Å². The number of aliphatic hydroxyl groups excluding tert-OH is 1. The topological polar surface area (TPSA) is 32.3 Å². The highest BCUT2D eigenvalue weighted by molar-refractivity contribution is 5.28. The van der Waals surface area contributed by atoms with Gasteiger partial charge in [0.25, 0.3) is 0 Å². The van der Waals surface area contributed by atoms with E-state index in [1.54, 1.807) is 0 Å². The van der Waals surface area contributed by atoms with Crippen molar-refractivity contribution in [3.05, 3.63) is 35.4 Å². The van der Waals surface area contributed by atoms with Crippen LogP contribution < -0.4 is 5.32 Å². The molecule has 0 bridgehead atoms. The molecule has 1 aromatic carbocycles. The first kappa shape index (κ1) is 12.4. The Bertz CT molecular complexity index is 386. The summed E-state index contributed by atoms with van der Waals surface area (Å²) in [5, 5.41) is 13.1. The van der Waals surface area contributed by atoms with Gasteiger partial charge in [-0.3, -0.25) is 0 Å². The highest BCUT2D eigenvalue weighted by atomic mass is 19.4. The monoisotopic (exact) mass is 245 g/mol. The number of hydrogen-bond donors (Lipinski definition) is 2. The summed E-state index contributed by atoms with van der Waals surface area (Å²) in [7, 11) is 0. The normalized spacial score (nSPS) is 22.7. The third kappa shape index (κ3) is 2.79. The van der Waals surface area contributed by atoms with E-state index >= 15 is 0 Å². The van der Waals surface area contributed by atoms with E-state index in [1.807, 2.05) is 0 Å². The number of alkyl halides is 3. The van der Waals surface area contributed by atoms with Gasteiger partial charge in [0.2, 0.25) is 0 Å². The van der Waals surface area contributed by atoms with E-state index in [0.29, 0.717) is 5.56 Å². The molecule has 0 spiro atoms. The van der Waals surface area contributed by atoms with Gasteiger partial charge in [-0.15, -0.1) is 0 Å². The third-order valence-corrected chi connectivity index (χ3v) is 3.04. The van der Waals surface area contributed by atoms with Gasteiger partial charge >= 0.3 is 6.18 Å². The first-order chi connectivity index (χ1) is 7.98. The molecule has 0 aromatic heterocycles. The molecule has 1 saturated heterocycles.